The van der Waals surface area contributed by atoms with Gasteiger partial charge in [0.1, 0.15) is 17.7 Å². The van der Waals surface area contributed by atoms with Crippen LogP contribution < -0.4 is 11.1 Å². The van der Waals surface area contributed by atoms with Crippen LogP contribution in [0.1, 0.15) is 47.5 Å². The van der Waals surface area contributed by atoms with Crippen molar-refractivity contribution >= 4 is 11.9 Å². The maximum absolute atomic E-state index is 11.4. The summed E-state index contributed by atoms with van der Waals surface area (Å²) in [5.74, 6) is -1.07. The van der Waals surface area contributed by atoms with Gasteiger partial charge in [0, 0.05) is 6.61 Å². The topological polar surface area (TPSA) is 122 Å². The normalized spacial score (nSPS) is 18.5. The molecule has 0 aromatic rings. The Kier molecular flexibility index (Phi) is 12.1. The molecule has 0 radical (unpaired) electrons. The lowest BCUT2D eigenvalue weighted by Crippen LogP contribution is -2.37. The summed E-state index contributed by atoms with van der Waals surface area (Å²) in [4.78, 5) is 21.0. The van der Waals surface area contributed by atoms with Crippen LogP contribution in [0, 0.1) is 0 Å². The number of aliphatic carboxylic acids is 1. The second-order valence-corrected chi connectivity index (χ2v) is 5.63. The number of carboxylic acids is 1. The van der Waals surface area contributed by atoms with Crippen molar-refractivity contribution in [2.24, 2.45) is 5.73 Å². The molecule has 0 unspecified atom stereocenters. The van der Waals surface area contributed by atoms with Gasteiger partial charge in [-0.25, -0.2) is 0 Å². The summed E-state index contributed by atoms with van der Waals surface area (Å²) in [5, 5.41) is 18.5. The number of aliphatic hydroxyl groups excluding tert-OH is 1. The van der Waals surface area contributed by atoms with Crippen molar-refractivity contribution in [2.45, 2.75) is 65.1 Å². The van der Waals surface area contributed by atoms with Crippen LogP contribution in [0.4, 0.5) is 0 Å². The van der Waals surface area contributed by atoms with E-state index in [9.17, 15) is 9.59 Å². The van der Waals surface area contributed by atoms with Crippen LogP contribution in [-0.2, 0) is 14.3 Å². The van der Waals surface area contributed by atoms with Crippen LogP contribution in [-0.4, -0.2) is 53.0 Å². The second-order valence-electron chi connectivity index (χ2n) is 5.63. The van der Waals surface area contributed by atoms with Crippen molar-refractivity contribution in [2.75, 3.05) is 13.2 Å². The van der Waals surface area contributed by atoms with Gasteiger partial charge < -0.3 is 26.0 Å². The fraction of sp³-hybridized carbons (Fsp3) is 0.857. The first-order chi connectivity index (χ1) is 9.55. The summed E-state index contributed by atoms with van der Waals surface area (Å²) in [5.41, 5.74) is 4.48. The minimum Gasteiger partial charge on any atom is -0.480 e. The zero-order valence-corrected chi connectivity index (χ0v) is 13.7. The molecule has 7 nitrogen and oxygen atoms in total. The minimum atomic E-state index is -0.963. The Balaban J connectivity index is 0. The first kappa shape index (κ1) is 22.1. The van der Waals surface area contributed by atoms with E-state index >= 15 is 0 Å². The molecule has 2 atom stereocenters. The largest absolute Gasteiger partial charge is 0.480 e. The van der Waals surface area contributed by atoms with Crippen LogP contribution in [0.5, 0.6) is 0 Å². The molecule has 0 saturated carbocycles. The van der Waals surface area contributed by atoms with Crippen molar-refractivity contribution in [1.82, 2.24) is 5.32 Å². The van der Waals surface area contributed by atoms with Crippen molar-refractivity contribution in [3.8, 4) is 0 Å². The number of nitrogens with two attached hydrogens (primary N) is 1. The Bertz CT molecular complexity index is 294. The predicted molar refractivity (Wildman–Crippen MR) is 80.9 cm³/mol. The molecular weight excluding hydrogens is 276 g/mol. The lowest BCUT2D eigenvalue weighted by atomic mass is 10.2. The Hall–Kier alpha value is -1.18. The fourth-order valence-corrected chi connectivity index (χ4v) is 1.26. The number of aliphatic hydroxyl groups is 1. The van der Waals surface area contributed by atoms with Gasteiger partial charge in [-0.15, -0.1) is 0 Å². The third-order valence-corrected chi connectivity index (χ3v) is 2.14. The van der Waals surface area contributed by atoms with E-state index in [0.717, 1.165) is 19.4 Å². The molecule has 0 amide bonds. The van der Waals surface area contributed by atoms with E-state index in [0.29, 0.717) is 0 Å². The maximum atomic E-state index is 11.4. The summed E-state index contributed by atoms with van der Waals surface area (Å²) in [6.45, 7) is 9.95. The first-order valence-electron chi connectivity index (χ1n) is 7.10. The molecule has 0 aromatic heterocycles. The third-order valence-electron chi connectivity index (χ3n) is 2.14. The Morgan fingerprint density at radius 3 is 2.10 bits per heavy atom. The van der Waals surface area contributed by atoms with Gasteiger partial charge in [0.25, 0.3) is 0 Å². The summed E-state index contributed by atoms with van der Waals surface area (Å²) < 4.78 is 5.22. The van der Waals surface area contributed by atoms with Crippen molar-refractivity contribution in [3.63, 3.8) is 0 Å². The summed E-state index contributed by atoms with van der Waals surface area (Å²) >= 11 is 0. The minimum absolute atomic E-state index is 0.0655. The smallest absolute Gasteiger partial charge is 0.323 e. The lowest BCUT2D eigenvalue weighted by molar-refractivity contribution is -0.157. The van der Waals surface area contributed by atoms with Gasteiger partial charge in [-0.05, 0) is 54.0 Å². The zero-order valence-electron chi connectivity index (χ0n) is 13.7. The second kappa shape index (κ2) is 11.5. The van der Waals surface area contributed by atoms with E-state index < -0.39 is 12.0 Å². The molecule has 1 fully saturated rings. The number of hydrogen-bond acceptors (Lipinski definition) is 6. The molecule has 7 heteroatoms. The van der Waals surface area contributed by atoms with Gasteiger partial charge >= 0.3 is 11.9 Å². The molecule has 0 aliphatic carbocycles. The standard InChI is InChI=1S/C9H17NO2.C3H7NO2.C2H6O/c1-9(2,3)12-8(11)7-5-4-6-10-7;1-2(4)3(5)6;1-2-3/h7,10H,4-6H2,1-3H3;2H,4H2,1H3,(H,5,6);3H,2H2,1H3/t7-;2-;/m00./s1. The van der Waals surface area contributed by atoms with Crippen LogP contribution in [0.2, 0.25) is 0 Å². The Labute approximate surface area is 126 Å². The first-order valence-corrected chi connectivity index (χ1v) is 7.10. The number of nitrogens with one attached hydrogen (secondary N) is 1. The monoisotopic (exact) mass is 306 g/mol. The number of hydrogen-bond donors (Lipinski definition) is 4. The summed E-state index contributed by atoms with van der Waals surface area (Å²) in [6, 6.07) is -0.797. The van der Waals surface area contributed by atoms with Gasteiger partial charge in [-0.2, -0.15) is 0 Å². The molecule has 21 heavy (non-hydrogen) atoms. The Morgan fingerprint density at radius 1 is 1.43 bits per heavy atom. The lowest BCUT2D eigenvalue weighted by Gasteiger charge is -2.21. The molecule has 0 spiro atoms. The van der Waals surface area contributed by atoms with Crippen LogP contribution in [0.3, 0.4) is 0 Å². The van der Waals surface area contributed by atoms with Crippen molar-refractivity contribution < 1.29 is 24.5 Å². The molecule has 1 heterocycles. The summed E-state index contributed by atoms with van der Waals surface area (Å²) in [7, 11) is 0. The number of carbonyl (C=O) groups is 2. The highest BCUT2D eigenvalue weighted by Crippen LogP contribution is 2.12. The van der Waals surface area contributed by atoms with E-state index in [2.05, 4.69) is 5.32 Å². The molecule has 1 rings (SSSR count). The Morgan fingerprint density at radius 2 is 1.86 bits per heavy atom. The average Bonchev–Trinajstić information content (AvgIpc) is 2.81. The predicted octanol–water partition coefficient (Wildman–Crippen LogP) is 0.497. The van der Waals surface area contributed by atoms with Gasteiger partial charge in [0.15, 0.2) is 0 Å². The van der Waals surface area contributed by atoms with E-state index in [1.807, 2.05) is 20.8 Å². The quantitative estimate of drug-likeness (QED) is 0.548. The zero-order chi connectivity index (χ0) is 17.1. The molecule has 1 aliphatic heterocycles. The van der Waals surface area contributed by atoms with Crippen LogP contribution in [0.15, 0.2) is 0 Å². The molecule has 0 aromatic carbocycles. The van der Waals surface area contributed by atoms with E-state index in [4.69, 9.17) is 20.7 Å². The third kappa shape index (κ3) is 15.0. The van der Waals surface area contributed by atoms with Crippen LogP contribution in [0.25, 0.3) is 0 Å². The highest BCUT2D eigenvalue weighted by molar-refractivity contribution is 5.76. The average molecular weight is 306 g/mol. The van der Waals surface area contributed by atoms with Crippen molar-refractivity contribution in [1.29, 1.82) is 0 Å². The van der Waals surface area contributed by atoms with E-state index in [1.165, 1.54) is 6.92 Å². The van der Waals surface area contributed by atoms with Gasteiger partial charge in [-0.3, -0.25) is 9.59 Å². The van der Waals surface area contributed by atoms with E-state index in [-0.39, 0.29) is 24.2 Å². The SMILES string of the molecule is CC(C)(C)OC(=O)[C@@H]1CCCN1.CCO.C[C@H](N)C(=O)O. The van der Waals surface area contributed by atoms with Gasteiger partial charge in [0.2, 0.25) is 0 Å². The van der Waals surface area contributed by atoms with Crippen LogP contribution >= 0.6 is 0 Å². The number of carboxylic acid groups (broad SMARTS) is 1. The van der Waals surface area contributed by atoms with Gasteiger partial charge in [-0.1, -0.05) is 0 Å². The van der Waals surface area contributed by atoms with Gasteiger partial charge in [0.05, 0.1) is 0 Å². The number of carbonyl (C=O) groups excluding carboxylic acids is 1. The number of esters is 1. The highest BCUT2D eigenvalue weighted by atomic mass is 16.6. The molecule has 5 N–H and O–H groups in total. The highest BCUT2D eigenvalue weighted by Gasteiger charge is 2.26. The van der Waals surface area contributed by atoms with Crippen molar-refractivity contribution in [3.05, 3.63) is 0 Å². The fourth-order valence-electron chi connectivity index (χ4n) is 1.26. The molecule has 1 aliphatic rings. The number of ether oxygens (including phenoxy) is 1. The van der Waals surface area contributed by atoms with E-state index in [1.54, 1.807) is 6.92 Å². The molecule has 126 valence electrons. The molecule has 0 bridgehead atoms. The molecular formula is C14H30N2O5. The summed E-state index contributed by atoms with van der Waals surface area (Å²) in [6.07, 6.45) is 1.98. The number of rotatable bonds is 2. The molecule has 1 saturated heterocycles. The maximum Gasteiger partial charge on any atom is 0.323 e.